The minimum atomic E-state index is 0.565. The van der Waals surface area contributed by atoms with Crippen LogP contribution in [0.25, 0.3) is 16.5 Å². The molecule has 0 saturated heterocycles. The number of aldehydes is 1. The Labute approximate surface area is 160 Å². The molecule has 0 fully saturated rings. The van der Waals surface area contributed by atoms with Gasteiger partial charge < -0.3 is 10.3 Å². The Bertz CT molecular complexity index is 939. The van der Waals surface area contributed by atoms with E-state index in [-0.39, 0.29) is 0 Å². The molecule has 3 heteroatoms. The first-order valence-corrected chi connectivity index (χ1v) is 9.87. The molecule has 1 aliphatic heterocycles. The van der Waals surface area contributed by atoms with Crippen LogP contribution in [-0.4, -0.2) is 23.9 Å². The van der Waals surface area contributed by atoms with Gasteiger partial charge >= 0.3 is 0 Å². The first-order chi connectivity index (χ1) is 13.3. The lowest BCUT2D eigenvalue weighted by Crippen LogP contribution is -2.32. The standard InChI is InChI=1S/C24H26N2O/c27-17-21-10-6-12-23-20(16-26-24(21)23)9-4-5-11-22-15-19(13-14-25-22)18-7-2-1-3-8-18/h1-3,6-8,10,12-13,16-17,22,25-26H,4-5,9,11,14-15H2. The number of fused-ring (bicyclic) bond motifs is 1. The number of carbonyl (C=O) groups is 1. The van der Waals surface area contributed by atoms with Crippen molar-refractivity contribution in [2.45, 2.75) is 38.1 Å². The smallest absolute Gasteiger partial charge is 0.152 e. The van der Waals surface area contributed by atoms with Crippen LogP contribution in [-0.2, 0) is 6.42 Å². The molecule has 4 rings (SSSR count). The van der Waals surface area contributed by atoms with Crippen LogP contribution in [0.1, 0.15) is 47.2 Å². The van der Waals surface area contributed by atoms with Crippen LogP contribution in [0, 0.1) is 0 Å². The predicted octanol–water partition coefficient (Wildman–Crippen LogP) is 5.14. The topological polar surface area (TPSA) is 44.9 Å². The Balaban J connectivity index is 1.30. The number of benzene rings is 2. The fourth-order valence-electron chi connectivity index (χ4n) is 4.11. The number of unbranched alkanes of at least 4 members (excludes halogenated alkanes) is 1. The molecule has 27 heavy (non-hydrogen) atoms. The van der Waals surface area contributed by atoms with E-state index < -0.39 is 0 Å². The Morgan fingerprint density at radius 2 is 1.93 bits per heavy atom. The van der Waals surface area contributed by atoms with Crippen molar-refractivity contribution in [3.8, 4) is 0 Å². The fourth-order valence-corrected chi connectivity index (χ4v) is 4.11. The molecular weight excluding hydrogens is 332 g/mol. The SMILES string of the molecule is O=Cc1cccc2c(CCCCC3CC(c4ccccc4)=CCN3)c[nH]c12. The molecule has 3 nitrogen and oxygen atoms in total. The van der Waals surface area contributed by atoms with E-state index in [4.69, 9.17) is 0 Å². The zero-order valence-corrected chi connectivity index (χ0v) is 15.6. The van der Waals surface area contributed by atoms with Crippen molar-refractivity contribution in [2.24, 2.45) is 0 Å². The van der Waals surface area contributed by atoms with Gasteiger partial charge in [-0.3, -0.25) is 4.79 Å². The average Bonchev–Trinajstić information content (AvgIpc) is 3.15. The molecule has 2 heterocycles. The van der Waals surface area contributed by atoms with Crippen molar-refractivity contribution in [3.63, 3.8) is 0 Å². The van der Waals surface area contributed by atoms with Gasteiger partial charge in [0, 0.05) is 29.7 Å². The zero-order valence-electron chi connectivity index (χ0n) is 15.6. The quantitative estimate of drug-likeness (QED) is 0.454. The molecule has 138 valence electrons. The highest BCUT2D eigenvalue weighted by Gasteiger charge is 2.15. The second kappa shape index (κ2) is 8.36. The number of carbonyl (C=O) groups excluding carboxylic acids is 1. The predicted molar refractivity (Wildman–Crippen MR) is 112 cm³/mol. The fraction of sp³-hybridized carbons (Fsp3) is 0.292. The molecule has 1 aromatic heterocycles. The highest BCUT2D eigenvalue weighted by molar-refractivity contribution is 5.97. The van der Waals surface area contributed by atoms with Gasteiger partial charge in [-0.2, -0.15) is 0 Å². The molecule has 0 aliphatic carbocycles. The van der Waals surface area contributed by atoms with Crippen molar-refractivity contribution in [2.75, 3.05) is 6.54 Å². The Hall–Kier alpha value is -2.65. The first-order valence-electron chi connectivity index (χ1n) is 9.87. The van der Waals surface area contributed by atoms with E-state index in [0.717, 1.165) is 36.8 Å². The summed E-state index contributed by atoms with van der Waals surface area (Å²) in [7, 11) is 0. The Morgan fingerprint density at radius 3 is 2.78 bits per heavy atom. The molecule has 2 aromatic carbocycles. The van der Waals surface area contributed by atoms with Crippen LogP contribution < -0.4 is 5.32 Å². The van der Waals surface area contributed by atoms with E-state index >= 15 is 0 Å². The Morgan fingerprint density at radius 1 is 1.04 bits per heavy atom. The number of aromatic nitrogens is 1. The second-order valence-electron chi connectivity index (χ2n) is 7.35. The maximum absolute atomic E-state index is 11.2. The molecular formula is C24H26N2O. The second-order valence-corrected chi connectivity index (χ2v) is 7.35. The van der Waals surface area contributed by atoms with Gasteiger partial charge in [-0.25, -0.2) is 0 Å². The van der Waals surface area contributed by atoms with Gasteiger partial charge in [0.05, 0.1) is 5.52 Å². The lowest BCUT2D eigenvalue weighted by atomic mass is 9.92. The number of H-pyrrole nitrogens is 1. The van der Waals surface area contributed by atoms with Crippen molar-refractivity contribution < 1.29 is 4.79 Å². The highest BCUT2D eigenvalue weighted by Crippen LogP contribution is 2.26. The van der Waals surface area contributed by atoms with Crippen LogP contribution in [0.3, 0.4) is 0 Å². The van der Waals surface area contributed by atoms with Gasteiger partial charge in [0.2, 0.25) is 0 Å². The number of aromatic amines is 1. The van der Waals surface area contributed by atoms with E-state index in [0.29, 0.717) is 6.04 Å². The third kappa shape index (κ3) is 4.04. The van der Waals surface area contributed by atoms with Gasteiger partial charge in [-0.05, 0) is 48.4 Å². The first kappa shape index (κ1) is 17.7. The molecule has 1 atom stereocenters. The maximum Gasteiger partial charge on any atom is 0.152 e. The minimum Gasteiger partial charge on any atom is -0.360 e. The summed E-state index contributed by atoms with van der Waals surface area (Å²) in [4.78, 5) is 14.4. The highest BCUT2D eigenvalue weighted by atomic mass is 16.1. The van der Waals surface area contributed by atoms with Crippen molar-refractivity contribution in [3.05, 3.63) is 77.5 Å². The van der Waals surface area contributed by atoms with Crippen LogP contribution >= 0.6 is 0 Å². The summed E-state index contributed by atoms with van der Waals surface area (Å²) >= 11 is 0. The molecule has 0 radical (unpaired) electrons. The van der Waals surface area contributed by atoms with E-state index in [1.807, 2.05) is 12.1 Å². The number of hydrogen-bond donors (Lipinski definition) is 2. The van der Waals surface area contributed by atoms with Gasteiger partial charge in [-0.1, -0.05) is 55.0 Å². The average molecular weight is 358 g/mol. The number of rotatable bonds is 7. The molecule has 2 N–H and O–H groups in total. The van der Waals surface area contributed by atoms with Crippen LogP contribution in [0.5, 0.6) is 0 Å². The number of aryl methyl sites for hydroxylation is 1. The summed E-state index contributed by atoms with van der Waals surface area (Å²) in [6.07, 6.45) is 11.0. The van der Waals surface area contributed by atoms with Crippen LogP contribution in [0.4, 0.5) is 0 Å². The van der Waals surface area contributed by atoms with Crippen molar-refractivity contribution in [1.29, 1.82) is 0 Å². The number of para-hydroxylation sites is 1. The van der Waals surface area contributed by atoms with E-state index in [1.165, 1.54) is 41.3 Å². The van der Waals surface area contributed by atoms with E-state index in [9.17, 15) is 4.79 Å². The summed E-state index contributed by atoms with van der Waals surface area (Å²) in [5.74, 6) is 0. The summed E-state index contributed by atoms with van der Waals surface area (Å²) in [6.45, 7) is 0.964. The lowest BCUT2D eigenvalue weighted by molar-refractivity contribution is 0.112. The van der Waals surface area contributed by atoms with Crippen molar-refractivity contribution >= 4 is 22.8 Å². The van der Waals surface area contributed by atoms with Gasteiger partial charge in [0.1, 0.15) is 0 Å². The lowest BCUT2D eigenvalue weighted by Gasteiger charge is -2.24. The maximum atomic E-state index is 11.2. The van der Waals surface area contributed by atoms with Crippen LogP contribution in [0.2, 0.25) is 0 Å². The molecule has 0 bridgehead atoms. The van der Waals surface area contributed by atoms with Crippen LogP contribution in [0.15, 0.2) is 60.8 Å². The molecule has 0 spiro atoms. The normalized spacial score (nSPS) is 17.0. The van der Waals surface area contributed by atoms with Crippen molar-refractivity contribution in [1.82, 2.24) is 10.3 Å². The monoisotopic (exact) mass is 358 g/mol. The van der Waals surface area contributed by atoms with E-state index in [1.54, 1.807) is 0 Å². The summed E-state index contributed by atoms with van der Waals surface area (Å²) in [6, 6.07) is 17.2. The third-order valence-electron chi connectivity index (χ3n) is 5.57. The Kier molecular flexibility index (Phi) is 5.50. The summed E-state index contributed by atoms with van der Waals surface area (Å²) in [5, 5.41) is 4.82. The molecule has 1 unspecified atom stereocenters. The molecule has 0 amide bonds. The van der Waals surface area contributed by atoms with Gasteiger partial charge in [0.15, 0.2) is 6.29 Å². The minimum absolute atomic E-state index is 0.565. The third-order valence-corrected chi connectivity index (χ3v) is 5.57. The summed E-state index contributed by atoms with van der Waals surface area (Å²) < 4.78 is 0. The van der Waals surface area contributed by atoms with E-state index in [2.05, 4.69) is 59.0 Å². The number of hydrogen-bond acceptors (Lipinski definition) is 2. The number of nitrogens with one attached hydrogen (secondary N) is 2. The molecule has 0 saturated carbocycles. The molecule has 1 aliphatic rings. The van der Waals surface area contributed by atoms with Gasteiger partial charge in [-0.15, -0.1) is 0 Å². The zero-order chi connectivity index (χ0) is 18.5. The summed E-state index contributed by atoms with van der Waals surface area (Å²) in [5.41, 5.74) is 5.85. The largest absolute Gasteiger partial charge is 0.360 e. The van der Waals surface area contributed by atoms with Gasteiger partial charge in [0.25, 0.3) is 0 Å². The molecule has 3 aromatic rings.